The van der Waals surface area contributed by atoms with Gasteiger partial charge in [-0.1, -0.05) is 42.5 Å². The Morgan fingerprint density at radius 2 is 1.02 bits per heavy atom. The van der Waals surface area contributed by atoms with Crippen molar-refractivity contribution in [2.24, 2.45) is 5.92 Å². The normalized spacial score (nSPS) is 10.2. The summed E-state index contributed by atoms with van der Waals surface area (Å²) in [5, 5.41) is 8.30. The van der Waals surface area contributed by atoms with Gasteiger partial charge >= 0.3 is 5.97 Å². The molecule has 264 valence electrons. The van der Waals surface area contributed by atoms with E-state index in [2.05, 4.69) is 46.3 Å². The summed E-state index contributed by atoms with van der Waals surface area (Å²) >= 11 is 0. The molecule has 9 nitrogen and oxygen atoms in total. The molecule has 0 aromatic carbocycles. The van der Waals surface area contributed by atoms with Crippen molar-refractivity contribution in [3.63, 3.8) is 0 Å². The van der Waals surface area contributed by atoms with Crippen LogP contribution in [-0.4, -0.2) is 95.6 Å². The van der Waals surface area contributed by atoms with Crippen LogP contribution in [0.5, 0.6) is 0 Å². The second-order valence-corrected chi connectivity index (χ2v) is 13.0. The summed E-state index contributed by atoms with van der Waals surface area (Å²) in [6, 6.07) is 0. The minimum absolute atomic E-state index is 0. The number of carbonyl (C=O) groups excluding carboxylic acids is 1. The van der Waals surface area contributed by atoms with E-state index in [9.17, 15) is 13.2 Å². The van der Waals surface area contributed by atoms with Crippen LogP contribution in [0, 0.1) is 5.92 Å². The Hall–Kier alpha value is -0.780. The van der Waals surface area contributed by atoms with E-state index in [-0.39, 0.29) is 52.0 Å². The molecule has 0 unspecified atom stereocenters. The van der Waals surface area contributed by atoms with Crippen molar-refractivity contribution >= 4 is 15.8 Å². The number of carbonyl (C=O) groups is 1. The highest BCUT2D eigenvalue weighted by molar-refractivity contribution is 7.90. The van der Waals surface area contributed by atoms with Gasteiger partial charge in [0.2, 0.25) is 0 Å². The van der Waals surface area contributed by atoms with Crippen LogP contribution < -0.4 is 0 Å². The van der Waals surface area contributed by atoms with Gasteiger partial charge in [-0.2, -0.15) is 0 Å². The zero-order valence-electron chi connectivity index (χ0n) is 28.6. The van der Waals surface area contributed by atoms with Gasteiger partial charge in [0.05, 0.1) is 36.8 Å². The van der Waals surface area contributed by atoms with Crippen molar-refractivity contribution in [2.75, 3.05) is 51.6 Å². The lowest BCUT2D eigenvalue weighted by Gasteiger charge is -2.05. The molecule has 0 rings (SSSR count). The quantitative estimate of drug-likeness (QED) is 0.137. The number of hydrogen-bond donors (Lipinski definition) is 1. The minimum atomic E-state index is -2.80. The van der Waals surface area contributed by atoms with Crippen molar-refractivity contribution in [3.8, 4) is 0 Å². The van der Waals surface area contributed by atoms with E-state index in [0.29, 0.717) is 38.4 Å². The number of esters is 1. The van der Waals surface area contributed by atoms with Crippen molar-refractivity contribution in [2.45, 2.75) is 149 Å². The SMILES string of the molecule is C.C.CC(C)C.CC(C)OCCCO.CC(C)OCCCS(C)(=O)=O.CCCOC(C)C.CCOC(=O)COC(C)C. The summed E-state index contributed by atoms with van der Waals surface area (Å²) in [4.78, 5) is 10.6. The highest BCUT2D eigenvalue weighted by Gasteiger charge is 2.02. The van der Waals surface area contributed by atoms with E-state index < -0.39 is 9.84 Å². The average Bonchev–Trinajstić information content (AvgIpc) is 2.79. The highest BCUT2D eigenvalue weighted by atomic mass is 32.2. The molecule has 0 saturated heterocycles. The molecular weight excluding hydrogens is 560 g/mol. The molecule has 0 aliphatic rings. The fourth-order valence-electron chi connectivity index (χ4n) is 1.81. The number of sulfone groups is 1. The fraction of sp³-hybridized carbons (Fsp3) is 0.969. The standard InChI is InChI=1S/C7H16O3S.C7H14O3.C6H14O2.C6H14O.C4H10.2CH4/c1-7(2)10-5-4-6-11(3,8)9;1-4-9-7(8)5-10-6(2)3;1-6(2)8-5-3-4-7;1-4-5-7-6(2)3;1-4(2)3;;/h7H,4-6H2,1-3H3;6H,4-5H2,1-3H3;6-7H,3-5H2,1-2H3;6H,4-5H2,1-3H3;4H,1-3H3;2*1H4. The fourth-order valence-corrected chi connectivity index (χ4v) is 2.46. The van der Waals surface area contributed by atoms with Gasteiger partial charge in [0.25, 0.3) is 0 Å². The molecule has 0 radical (unpaired) electrons. The molecule has 0 aromatic heterocycles. The van der Waals surface area contributed by atoms with Crippen LogP contribution in [0.15, 0.2) is 0 Å². The van der Waals surface area contributed by atoms with Gasteiger partial charge in [0.15, 0.2) is 0 Å². The zero-order valence-corrected chi connectivity index (χ0v) is 29.4. The largest absolute Gasteiger partial charge is 0.464 e. The van der Waals surface area contributed by atoms with E-state index in [4.69, 9.17) is 24.1 Å². The maximum absolute atomic E-state index is 10.6. The lowest BCUT2D eigenvalue weighted by atomic mass is 10.3. The van der Waals surface area contributed by atoms with Gasteiger partial charge < -0.3 is 28.8 Å². The first-order valence-electron chi connectivity index (χ1n) is 14.8. The van der Waals surface area contributed by atoms with Gasteiger partial charge in [-0.05, 0) is 87.5 Å². The lowest BCUT2D eigenvalue weighted by molar-refractivity contribution is -0.149. The van der Waals surface area contributed by atoms with Crippen molar-refractivity contribution < 1.29 is 42.0 Å². The molecule has 0 bridgehead atoms. The van der Waals surface area contributed by atoms with E-state index in [0.717, 1.165) is 25.4 Å². The Morgan fingerprint density at radius 1 is 0.667 bits per heavy atom. The van der Waals surface area contributed by atoms with Crippen molar-refractivity contribution in [3.05, 3.63) is 0 Å². The molecule has 0 heterocycles. The number of ether oxygens (including phenoxy) is 5. The second kappa shape index (κ2) is 42.4. The van der Waals surface area contributed by atoms with Gasteiger partial charge in [-0.3, -0.25) is 0 Å². The van der Waals surface area contributed by atoms with Crippen LogP contribution in [0.4, 0.5) is 0 Å². The number of hydrogen-bond acceptors (Lipinski definition) is 9. The summed E-state index contributed by atoms with van der Waals surface area (Å²) in [5.41, 5.74) is 0. The Morgan fingerprint density at radius 3 is 1.29 bits per heavy atom. The first-order valence-corrected chi connectivity index (χ1v) is 16.8. The zero-order chi connectivity index (χ0) is 32.6. The van der Waals surface area contributed by atoms with E-state index in [1.807, 2.05) is 41.5 Å². The lowest BCUT2D eigenvalue weighted by Crippen LogP contribution is -2.15. The van der Waals surface area contributed by atoms with Crippen LogP contribution in [0.1, 0.15) is 124 Å². The van der Waals surface area contributed by atoms with E-state index in [1.54, 1.807) is 6.92 Å². The molecule has 1 N–H and O–H groups in total. The Labute approximate surface area is 263 Å². The van der Waals surface area contributed by atoms with Crippen LogP contribution >= 0.6 is 0 Å². The molecule has 0 aliphatic heterocycles. The number of aliphatic hydroxyl groups is 1. The summed E-state index contributed by atoms with van der Waals surface area (Å²) in [6.45, 7) is 28.9. The molecule has 0 amide bonds. The number of rotatable bonds is 16. The maximum atomic E-state index is 10.6. The molecule has 0 saturated carbocycles. The average molecular weight is 637 g/mol. The third-order valence-electron chi connectivity index (χ3n) is 3.36. The molecule has 0 aliphatic carbocycles. The number of aliphatic hydroxyl groups excluding tert-OH is 1. The van der Waals surface area contributed by atoms with Gasteiger partial charge in [-0.15, -0.1) is 0 Å². The minimum Gasteiger partial charge on any atom is -0.464 e. The topological polar surface area (TPSA) is 118 Å². The summed E-state index contributed by atoms with van der Waals surface area (Å²) in [6.07, 6.45) is 4.68. The molecule has 42 heavy (non-hydrogen) atoms. The van der Waals surface area contributed by atoms with E-state index in [1.165, 1.54) is 6.26 Å². The summed E-state index contributed by atoms with van der Waals surface area (Å²) in [7, 11) is -2.80. The molecule has 10 heteroatoms. The highest BCUT2D eigenvalue weighted by Crippen LogP contribution is 1.93. The molecular formula is C32H76O9S. The van der Waals surface area contributed by atoms with Crippen LogP contribution in [0.3, 0.4) is 0 Å². The molecule has 0 aromatic rings. The van der Waals surface area contributed by atoms with Gasteiger partial charge in [-0.25, -0.2) is 13.2 Å². The van der Waals surface area contributed by atoms with Crippen LogP contribution in [0.25, 0.3) is 0 Å². The van der Waals surface area contributed by atoms with Crippen LogP contribution in [0.2, 0.25) is 0 Å². The predicted molar refractivity (Wildman–Crippen MR) is 181 cm³/mol. The van der Waals surface area contributed by atoms with Crippen molar-refractivity contribution in [1.82, 2.24) is 0 Å². The Balaban J connectivity index is -0.0000000742. The second-order valence-electron chi connectivity index (χ2n) is 10.7. The first-order chi connectivity index (χ1) is 18.4. The third kappa shape index (κ3) is 97.7. The Bertz CT molecular complexity index is 574. The molecule has 0 spiro atoms. The molecule has 0 fully saturated rings. The Kier molecular flexibility index (Phi) is 57.4. The molecule has 0 atom stereocenters. The van der Waals surface area contributed by atoms with Crippen molar-refractivity contribution in [1.29, 1.82) is 0 Å². The smallest absolute Gasteiger partial charge is 0.332 e. The van der Waals surface area contributed by atoms with Gasteiger partial charge in [0.1, 0.15) is 16.4 Å². The maximum Gasteiger partial charge on any atom is 0.332 e. The van der Waals surface area contributed by atoms with Gasteiger partial charge in [0, 0.05) is 32.7 Å². The monoisotopic (exact) mass is 637 g/mol. The predicted octanol–water partition coefficient (Wildman–Crippen LogP) is 7.37. The first kappa shape index (κ1) is 56.9. The third-order valence-corrected chi connectivity index (χ3v) is 4.39. The van der Waals surface area contributed by atoms with E-state index >= 15 is 0 Å². The summed E-state index contributed by atoms with van der Waals surface area (Å²) < 4.78 is 46.3. The summed E-state index contributed by atoms with van der Waals surface area (Å²) in [5.74, 6) is 0.760. The van der Waals surface area contributed by atoms with Crippen LogP contribution in [-0.2, 0) is 38.3 Å².